The van der Waals surface area contributed by atoms with Crippen LogP contribution in [0.15, 0.2) is 64.4 Å². The average molecular weight is 371 g/mol. The van der Waals surface area contributed by atoms with E-state index in [0.29, 0.717) is 5.56 Å². The van der Waals surface area contributed by atoms with E-state index in [1.54, 1.807) is 6.92 Å². The zero-order valence-electron chi connectivity index (χ0n) is 14.3. The van der Waals surface area contributed by atoms with Crippen molar-refractivity contribution < 1.29 is 13.6 Å². The molecule has 0 aliphatic carbocycles. The van der Waals surface area contributed by atoms with Gasteiger partial charge in [0.25, 0.3) is 0 Å². The van der Waals surface area contributed by atoms with Gasteiger partial charge in [-0.25, -0.2) is 8.78 Å². The van der Waals surface area contributed by atoms with Crippen molar-refractivity contribution in [3.63, 3.8) is 0 Å². The van der Waals surface area contributed by atoms with E-state index < -0.39 is 35.2 Å². The van der Waals surface area contributed by atoms with Crippen LogP contribution in [-0.2, 0) is 11.3 Å². The summed E-state index contributed by atoms with van der Waals surface area (Å²) < 4.78 is 28.6. The molecule has 0 aliphatic heterocycles. The van der Waals surface area contributed by atoms with Gasteiger partial charge in [0, 0.05) is 18.1 Å². The van der Waals surface area contributed by atoms with Crippen LogP contribution in [0.1, 0.15) is 5.56 Å². The number of amides is 1. The first-order valence-electron chi connectivity index (χ1n) is 7.99. The lowest BCUT2D eigenvalue weighted by atomic mass is 10.2. The molecule has 1 aromatic heterocycles. The number of nitrogens with one attached hydrogen (secondary N) is 1. The highest BCUT2D eigenvalue weighted by molar-refractivity contribution is 5.90. The maximum atomic E-state index is 13.5. The minimum atomic E-state index is -0.935. The monoisotopic (exact) mass is 371 g/mol. The summed E-state index contributed by atoms with van der Waals surface area (Å²) in [6.07, 6.45) is 2.56. The summed E-state index contributed by atoms with van der Waals surface area (Å²) in [4.78, 5) is 36.7. The molecule has 8 heteroatoms. The van der Waals surface area contributed by atoms with Crippen LogP contribution in [0.4, 0.5) is 14.5 Å². The lowest BCUT2D eigenvalue weighted by molar-refractivity contribution is -0.116. The molecule has 2 aromatic carbocycles. The number of benzene rings is 2. The third kappa shape index (κ3) is 4.00. The Labute approximate surface area is 152 Å². The molecule has 0 saturated heterocycles. The van der Waals surface area contributed by atoms with Crippen LogP contribution < -0.4 is 16.4 Å². The molecule has 0 unspecified atom stereocenters. The number of hydrogen-bond donors (Lipinski definition) is 1. The van der Waals surface area contributed by atoms with Crippen molar-refractivity contribution >= 4 is 11.6 Å². The van der Waals surface area contributed by atoms with Crippen LogP contribution in [0.3, 0.4) is 0 Å². The highest BCUT2D eigenvalue weighted by atomic mass is 19.1. The predicted octanol–water partition coefficient (Wildman–Crippen LogP) is 2.22. The molecule has 0 radical (unpaired) electrons. The lowest BCUT2D eigenvalue weighted by Crippen LogP contribution is -2.41. The number of carbonyl (C=O) groups excluding carboxylic acids is 1. The average Bonchev–Trinajstić information content (AvgIpc) is 2.61. The molecule has 1 heterocycles. The molecule has 1 N–H and O–H groups in total. The smallest absolute Gasteiger partial charge is 0.320 e. The Morgan fingerprint density at radius 3 is 2.48 bits per heavy atom. The van der Waals surface area contributed by atoms with Crippen LogP contribution in [-0.4, -0.2) is 15.0 Å². The van der Waals surface area contributed by atoms with Crippen LogP contribution in [0.25, 0.3) is 5.69 Å². The molecule has 27 heavy (non-hydrogen) atoms. The quantitative estimate of drug-likeness (QED) is 0.715. The van der Waals surface area contributed by atoms with Crippen molar-refractivity contribution in [2.24, 2.45) is 0 Å². The molecular weight excluding hydrogens is 356 g/mol. The first-order chi connectivity index (χ1) is 12.8. The van der Waals surface area contributed by atoms with E-state index in [0.717, 1.165) is 21.3 Å². The molecule has 1 amide bonds. The van der Waals surface area contributed by atoms with Crippen LogP contribution >= 0.6 is 0 Å². The Morgan fingerprint density at radius 1 is 1.00 bits per heavy atom. The summed E-state index contributed by atoms with van der Waals surface area (Å²) in [7, 11) is 0. The van der Waals surface area contributed by atoms with E-state index in [1.807, 2.05) is 0 Å². The van der Waals surface area contributed by atoms with Crippen LogP contribution in [0.2, 0.25) is 0 Å². The minimum absolute atomic E-state index is 0.233. The Morgan fingerprint density at radius 2 is 1.74 bits per heavy atom. The summed E-state index contributed by atoms with van der Waals surface area (Å²) in [5.74, 6) is -1.65. The fourth-order valence-corrected chi connectivity index (χ4v) is 2.59. The topological polar surface area (TPSA) is 73.1 Å². The molecule has 0 atom stereocenters. The van der Waals surface area contributed by atoms with E-state index in [2.05, 4.69) is 5.32 Å². The van der Waals surface area contributed by atoms with Gasteiger partial charge in [-0.3, -0.25) is 23.5 Å². The first kappa shape index (κ1) is 18.2. The van der Waals surface area contributed by atoms with Gasteiger partial charge in [-0.2, -0.15) is 0 Å². The summed E-state index contributed by atoms with van der Waals surface area (Å²) in [5.41, 5.74) is -0.759. The molecule has 0 bridgehead atoms. The van der Waals surface area contributed by atoms with Gasteiger partial charge in [0.2, 0.25) is 5.91 Å². The van der Waals surface area contributed by atoms with Crippen molar-refractivity contribution in [1.29, 1.82) is 0 Å². The first-order valence-corrected chi connectivity index (χ1v) is 7.99. The zero-order valence-corrected chi connectivity index (χ0v) is 14.3. The SMILES string of the molecule is Cc1ccc(F)cc1-n1ccn(CC(=O)Nc2cccc(F)c2)c(=O)c1=O. The van der Waals surface area contributed by atoms with Gasteiger partial charge < -0.3 is 5.32 Å². The van der Waals surface area contributed by atoms with Gasteiger partial charge in [-0.15, -0.1) is 0 Å². The third-order valence-electron chi connectivity index (χ3n) is 3.91. The summed E-state index contributed by atoms with van der Waals surface area (Å²) >= 11 is 0. The molecule has 3 aromatic rings. The second kappa shape index (κ2) is 7.36. The normalized spacial score (nSPS) is 10.6. The van der Waals surface area contributed by atoms with Gasteiger partial charge in [-0.05, 0) is 42.8 Å². The molecular formula is C19H15F2N3O3. The van der Waals surface area contributed by atoms with Gasteiger partial charge in [0.1, 0.15) is 18.2 Å². The van der Waals surface area contributed by atoms with E-state index >= 15 is 0 Å². The van der Waals surface area contributed by atoms with Crippen molar-refractivity contribution in [1.82, 2.24) is 9.13 Å². The molecule has 6 nitrogen and oxygen atoms in total. The maximum absolute atomic E-state index is 13.5. The van der Waals surface area contributed by atoms with Gasteiger partial charge in [0.05, 0.1) is 5.69 Å². The number of hydrogen-bond acceptors (Lipinski definition) is 3. The number of halogens is 2. The van der Waals surface area contributed by atoms with E-state index in [1.165, 1.54) is 42.7 Å². The Kier molecular flexibility index (Phi) is 4.98. The van der Waals surface area contributed by atoms with Crippen molar-refractivity contribution in [2.75, 3.05) is 5.32 Å². The Balaban J connectivity index is 1.87. The van der Waals surface area contributed by atoms with E-state index in [9.17, 15) is 23.2 Å². The highest BCUT2D eigenvalue weighted by Crippen LogP contribution is 2.13. The number of carbonyl (C=O) groups is 1. The number of aromatic nitrogens is 2. The largest absolute Gasteiger partial charge is 0.324 e. The number of anilines is 1. The number of rotatable bonds is 4. The van der Waals surface area contributed by atoms with E-state index in [-0.39, 0.29) is 11.4 Å². The fraction of sp³-hybridized carbons (Fsp3) is 0.105. The molecule has 0 fully saturated rings. The molecule has 0 spiro atoms. The molecule has 0 saturated carbocycles. The zero-order chi connectivity index (χ0) is 19.6. The van der Waals surface area contributed by atoms with Crippen LogP contribution in [0.5, 0.6) is 0 Å². The molecule has 3 rings (SSSR count). The van der Waals surface area contributed by atoms with Crippen LogP contribution in [0, 0.1) is 18.6 Å². The standard InChI is InChI=1S/C19H15F2N3O3/c1-12-5-6-14(21)10-16(12)24-8-7-23(18(26)19(24)27)11-17(25)22-15-4-2-3-13(20)9-15/h2-10H,11H2,1H3,(H,22,25). The summed E-state index contributed by atoms with van der Waals surface area (Å²) in [5, 5.41) is 2.44. The molecule has 138 valence electrons. The minimum Gasteiger partial charge on any atom is -0.324 e. The van der Waals surface area contributed by atoms with E-state index in [4.69, 9.17) is 0 Å². The maximum Gasteiger partial charge on any atom is 0.320 e. The number of nitrogens with zero attached hydrogens (tertiary/aromatic N) is 2. The number of aryl methyl sites for hydroxylation is 1. The summed E-state index contributed by atoms with van der Waals surface area (Å²) in [6.45, 7) is 1.26. The second-order valence-electron chi connectivity index (χ2n) is 5.90. The summed E-state index contributed by atoms with van der Waals surface area (Å²) in [6, 6.07) is 9.18. The Hall–Kier alpha value is -3.55. The highest BCUT2D eigenvalue weighted by Gasteiger charge is 2.12. The van der Waals surface area contributed by atoms with Gasteiger partial charge in [-0.1, -0.05) is 12.1 Å². The predicted molar refractivity (Wildman–Crippen MR) is 96.0 cm³/mol. The second-order valence-corrected chi connectivity index (χ2v) is 5.90. The third-order valence-corrected chi connectivity index (χ3v) is 3.91. The molecule has 0 aliphatic rings. The van der Waals surface area contributed by atoms with Gasteiger partial charge in [0.15, 0.2) is 0 Å². The van der Waals surface area contributed by atoms with Crippen molar-refractivity contribution in [2.45, 2.75) is 13.5 Å². The fourth-order valence-electron chi connectivity index (χ4n) is 2.59. The van der Waals surface area contributed by atoms with Crippen molar-refractivity contribution in [3.05, 3.63) is 92.8 Å². The van der Waals surface area contributed by atoms with Crippen molar-refractivity contribution in [3.8, 4) is 5.69 Å². The Bertz CT molecular complexity index is 1140. The van der Waals surface area contributed by atoms with Gasteiger partial charge >= 0.3 is 11.1 Å². The lowest BCUT2D eigenvalue weighted by Gasteiger charge is -2.11.